The Balaban J connectivity index is 2.93. The van der Waals surface area contributed by atoms with E-state index in [0.717, 1.165) is 5.56 Å². The summed E-state index contributed by atoms with van der Waals surface area (Å²) >= 11 is 0. The van der Waals surface area contributed by atoms with Crippen LogP contribution in [0.3, 0.4) is 0 Å². The predicted molar refractivity (Wildman–Crippen MR) is 50.0 cm³/mol. The van der Waals surface area contributed by atoms with Gasteiger partial charge in [-0.1, -0.05) is 18.2 Å². The van der Waals surface area contributed by atoms with Crippen molar-refractivity contribution in [3.8, 4) is 6.07 Å². The van der Waals surface area contributed by atoms with Gasteiger partial charge in [0.2, 0.25) is 0 Å². The molecule has 0 saturated carbocycles. The van der Waals surface area contributed by atoms with Gasteiger partial charge in [-0.15, -0.1) is 0 Å². The number of benzene rings is 1. The highest BCUT2D eigenvalue weighted by Crippen LogP contribution is 2.14. The Morgan fingerprint density at radius 1 is 1.54 bits per heavy atom. The maximum absolute atomic E-state index is 8.79. The van der Waals surface area contributed by atoms with Gasteiger partial charge >= 0.3 is 0 Å². The average molecular weight is 176 g/mol. The molecule has 0 aromatic heterocycles. The first-order chi connectivity index (χ1) is 6.29. The minimum atomic E-state index is -0.221. The third kappa shape index (κ3) is 2.28. The molecule has 68 valence electrons. The summed E-state index contributed by atoms with van der Waals surface area (Å²) in [7, 11) is 1.59. The van der Waals surface area contributed by atoms with Gasteiger partial charge in [0.25, 0.3) is 0 Å². The first-order valence-electron chi connectivity index (χ1n) is 4.03. The van der Waals surface area contributed by atoms with Gasteiger partial charge < -0.3 is 10.5 Å². The number of hydrogen-bond acceptors (Lipinski definition) is 3. The van der Waals surface area contributed by atoms with Crippen LogP contribution in [0, 0.1) is 11.3 Å². The quantitative estimate of drug-likeness (QED) is 0.752. The fraction of sp³-hybridized carbons (Fsp3) is 0.300. The van der Waals surface area contributed by atoms with Gasteiger partial charge in [0, 0.05) is 7.11 Å². The number of methoxy groups -OCH3 is 1. The average Bonchev–Trinajstić information content (AvgIpc) is 2.18. The van der Waals surface area contributed by atoms with Crippen LogP contribution in [0.4, 0.5) is 0 Å². The Hall–Kier alpha value is -1.37. The molecule has 1 atom stereocenters. The molecule has 1 aromatic rings. The molecule has 3 nitrogen and oxygen atoms in total. The van der Waals surface area contributed by atoms with Gasteiger partial charge in [0.1, 0.15) is 0 Å². The second-order valence-electron chi connectivity index (χ2n) is 2.76. The van der Waals surface area contributed by atoms with E-state index in [2.05, 4.69) is 6.07 Å². The summed E-state index contributed by atoms with van der Waals surface area (Å²) in [5, 5.41) is 8.79. The minimum Gasteiger partial charge on any atom is -0.383 e. The first-order valence-corrected chi connectivity index (χ1v) is 4.03. The standard InChI is InChI=1S/C10H12N2O/c1-13-7-10(12)9-5-3-2-4-8(9)6-11/h2-5,10H,7,12H2,1H3/t10-/m1/s1. The van der Waals surface area contributed by atoms with Crippen LogP contribution in [0.25, 0.3) is 0 Å². The van der Waals surface area contributed by atoms with Crippen LogP contribution in [0.2, 0.25) is 0 Å². The van der Waals surface area contributed by atoms with Crippen LogP contribution >= 0.6 is 0 Å². The van der Waals surface area contributed by atoms with Gasteiger partial charge in [0.05, 0.1) is 24.3 Å². The lowest BCUT2D eigenvalue weighted by Crippen LogP contribution is -2.17. The SMILES string of the molecule is COC[C@@H](N)c1ccccc1C#N. The molecule has 0 amide bonds. The zero-order chi connectivity index (χ0) is 9.68. The van der Waals surface area contributed by atoms with Crippen LogP contribution in [-0.4, -0.2) is 13.7 Å². The molecular weight excluding hydrogens is 164 g/mol. The topological polar surface area (TPSA) is 59.0 Å². The van der Waals surface area contributed by atoms with Gasteiger partial charge in [-0.05, 0) is 11.6 Å². The first kappa shape index (κ1) is 9.72. The molecule has 0 aliphatic heterocycles. The third-order valence-electron chi connectivity index (χ3n) is 1.83. The second-order valence-corrected chi connectivity index (χ2v) is 2.76. The molecule has 0 saturated heterocycles. The summed E-state index contributed by atoms with van der Waals surface area (Å²) in [5.74, 6) is 0. The zero-order valence-electron chi connectivity index (χ0n) is 7.53. The summed E-state index contributed by atoms with van der Waals surface area (Å²) in [6, 6.07) is 9.17. The Kier molecular flexibility index (Phi) is 3.44. The number of hydrogen-bond donors (Lipinski definition) is 1. The molecule has 3 heteroatoms. The Bertz CT molecular complexity index is 317. The molecule has 0 unspecified atom stereocenters. The highest BCUT2D eigenvalue weighted by atomic mass is 16.5. The minimum absolute atomic E-state index is 0.221. The normalized spacial score (nSPS) is 12.1. The van der Waals surface area contributed by atoms with Crippen LogP contribution in [0.1, 0.15) is 17.2 Å². The molecule has 2 N–H and O–H groups in total. The van der Waals surface area contributed by atoms with Crippen molar-refractivity contribution in [2.24, 2.45) is 5.73 Å². The maximum atomic E-state index is 8.79. The Morgan fingerprint density at radius 2 is 2.23 bits per heavy atom. The molecule has 0 fully saturated rings. The maximum Gasteiger partial charge on any atom is 0.0995 e. The Morgan fingerprint density at radius 3 is 2.85 bits per heavy atom. The highest BCUT2D eigenvalue weighted by Gasteiger charge is 2.09. The molecule has 0 aliphatic carbocycles. The van der Waals surface area contributed by atoms with Crippen molar-refractivity contribution in [1.82, 2.24) is 0 Å². The molecule has 1 aromatic carbocycles. The molecule has 0 spiro atoms. The summed E-state index contributed by atoms with van der Waals surface area (Å²) in [5.41, 5.74) is 7.26. The molecule has 0 heterocycles. The lowest BCUT2D eigenvalue weighted by atomic mass is 10.0. The predicted octanol–water partition coefficient (Wildman–Crippen LogP) is 1.20. The molecule has 0 aliphatic rings. The van der Waals surface area contributed by atoms with Crippen molar-refractivity contribution < 1.29 is 4.74 Å². The van der Waals surface area contributed by atoms with E-state index in [1.807, 2.05) is 18.2 Å². The zero-order valence-corrected chi connectivity index (χ0v) is 7.53. The van der Waals surface area contributed by atoms with E-state index in [1.165, 1.54) is 0 Å². The fourth-order valence-corrected chi connectivity index (χ4v) is 1.19. The summed E-state index contributed by atoms with van der Waals surface area (Å²) in [6.45, 7) is 0.429. The van der Waals surface area contributed by atoms with Crippen molar-refractivity contribution in [3.63, 3.8) is 0 Å². The van der Waals surface area contributed by atoms with Crippen LogP contribution in [0.5, 0.6) is 0 Å². The van der Waals surface area contributed by atoms with Crippen molar-refractivity contribution in [3.05, 3.63) is 35.4 Å². The Labute approximate surface area is 77.7 Å². The van der Waals surface area contributed by atoms with E-state index in [9.17, 15) is 0 Å². The van der Waals surface area contributed by atoms with Crippen LogP contribution in [0.15, 0.2) is 24.3 Å². The van der Waals surface area contributed by atoms with E-state index >= 15 is 0 Å². The molecule has 0 bridgehead atoms. The number of nitrogens with zero attached hydrogens (tertiary/aromatic N) is 1. The summed E-state index contributed by atoms with van der Waals surface area (Å²) in [4.78, 5) is 0. The highest BCUT2D eigenvalue weighted by molar-refractivity contribution is 5.39. The molecule has 13 heavy (non-hydrogen) atoms. The third-order valence-corrected chi connectivity index (χ3v) is 1.83. The smallest absolute Gasteiger partial charge is 0.0995 e. The fourth-order valence-electron chi connectivity index (χ4n) is 1.19. The van der Waals surface area contributed by atoms with E-state index in [4.69, 9.17) is 15.7 Å². The number of ether oxygens (including phenoxy) is 1. The van der Waals surface area contributed by atoms with Crippen LogP contribution < -0.4 is 5.73 Å². The molecule has 1 rings (SSSR count). The number of rotatable bonds is 3. The van der Waals surface area contributed by atoms with Crippen molar-refractivity contribution in [1.29, 1.82) is 5.26 Å². The largest absolute Gasteiger partial charge is 0.383 e. The van der Waals surface area contributed by atoms with Gasteiger partial charge in [-0.2, -0.15) is 5.26 Å². The lowest BCUT2D eigenvalue weighted by Gasteiger charge is -2.11. The van der Waals surface area contributed by atoms with Gasteiger partial charge in [0.15, 0.2) is 0 Å². The molecule has 0 radical (unpaired) electrons. The summed E-state index contributed by atoms with van der Waals surface area (Å²) < 4.78 is 4.92. The molecular formula is C10H12N2O. The van der Waals surface area contributed by atoms with Crippen molar-refractivity contribution >= 4 is 0 Å². The van der Waals surface area contributed by atoms with Gasteiger partial charge in [-0.3, -0.25) is 0 Å². The van der Waals surface area contributed by atoms with E-state index < -0.39 is 0 Å². The van der Waals surface area contributed by atoms with Crippen molar-refractivity contribution in [2.45, 2.75) is 6.04 Å². The number of nitrogens with two attached hydrogens (primary N) is 1. The van der Waals surface area contributed by atoms with E-state index in [0.29, 0.717) is 12.2 Å². The van der Waals surface area contributed by atoms with E-state index in [-0.39, 0.29) is 6.04 Å². The monoisotopic (exact) mass is 176 g/mol. The second kappa shape index (κ2) is 4.61. The van der Waals surface area contributed by atoms with Crippen molar-refractivity contribution in [2.75, 3.05) is 13.7 Å². The van der Waals surface area contributed by atoms with E-state index in [1.54, 1.807) is 13.2 Å². The lowest BCUT2D eigenvalue weighted by molar-refractivity contribution is 0.181. The van der Waals surface area contributed by atoms with Gasteiger partial charge in [-0.25, -0.2) is 0 Å². The summed E-state index contributed by atoms with van der Waals surface area (Å²) in [6.07, 6.45) is 0. The van der Waals surface area contributed by atoms with Crippen LogP contribution in [-0.2, 0) is 4.74 Å². The number of nitriles is 1.